The predicted molar refractivity (Wildman–Crippen MR) is 36.7 cm³/mol. The van der Waals surface area contributed by atoms with Crippen LogP contribution in [0.3, 0.4) is 0 Å². The standard InChI is InChI=1S/C6H5BFO3/c8-4-2-1-3-5(9)6(4)11-7-10/h1-3,9-10H. The van der Waals surface area contributed by atoms with Crippen LogP contribution in [0.5, 0.6) is 11.5 Å². The number of para-hydroxylation sites is 1. The van der Waals surface area contributed by atoms with Gasteiger partial charge in [-0.2, -0.15) is 0 Å². The molecular formula is C6H5BFO3. The van der Waals surface area contributed by atoms with Crippen LogP contribution in [0.1, 0.15) is 0 Å². The lowest BCUT2D eigenvalue weighted by Crippen LogP contribution is -2.01. The zero-order chi connectivity index (χ0) is 8.27. The first-order valence-electron chi connectivity index (χ1n) is 2.85. The molecule has 1 aromatic carbocycles. The van der Waals surface area contributed by atoms with Gasteiger partial charge >= 0.3 is 7.69 Å². The Hall–Kier alpha value is -1.23. The second-order valence-corrected chi connectivity index (χ2v) is 1.81. The van der Waals surface area contributed by atoms with E-state index in [0.717, 1.165) is 6.07 Å². The van der Waals surface area contributed by atoms with Gasteiger partial charge in [0, 0.05) is 0 Å². The summed E-state index contributed by atoms with van der Waals surface area (Å²) in [5, 5.41) is 17.1. The quantitative estimate of drug-likeness (QED) is 0.609. The number of phenols is 1. The molecule has 3 nitrogen and oxygen atoms in total. The van der Waals surface area contributed by atoms with Crippen molar-refractivity contribution in [3.05, 3.63) is 24.0 Å². The van der Waals surface area contributed by atoms with E-state index < -0.39 is 5.82 Å². The fourth-order valence-corrected chi connectivity index (χ4v) is 0.667. The van der Waals surface area contributed by atoms with Gasteiger partial charge in [0.15, 0.2) is 17.3 Å². The van der Waals surface area contributed by atoms with E-state index >= 15 is 0 Å². The SMILES string of the molecule is O[B]Oc1c(O)cccc1F. The third-order valence-corrected chi connectivity index (χ3v) is 1.12. The van der Waals surface area contributed by atoms with Crippen molar-refractivity contribution in [3.8, 4) is 11.5 Å². The fourth-order valence-electron chi connectivity index (χ4n) is 0.667. The summed E-state index contributed by atoms with van der Waals surface area (Å²) < 4.78 is 16.9. The molecule has 5 heteroatoms. The van der Waals surface area contributed by atoms with Crippen molar-refractivity contribution in [2.24, 2.45) is 0 Å². The van der Waals surface area contributed by atoms with Crippen molar-refractivity contribution in [2.75, 3.05) is 0 Å². The lowest BCUT2D eigenvalue weighted by Gasteiger charge is -2.03. The van der Waals surface area contributed by atoms with Gasteiger partial charge in [-0.1, -0.05) is 6.07 Å². The van der Waals surface area contributed by atoms with Crippen LogP contribution in [0.4, 0.5) is 4.39 Å². The summed E-state index contributed by atoms with van der Waals surface area (Å²) in [6, 6.07) is 3.69. The van der Waals surface area contributed by atoms with Crippen LogP contribution < -0.4 is 4.65 Å². The molecule has 0 heterocycles. The molecule has 0 fully saturated rings. The minimum absolute atomic E-state index is 0.304. The number of halogens is 1. The van der Waals surface area contributed by atoms with Crippen molar-refractivity contribution in [3.63, 3.8) is 0 Å². The first-order valence-corrected chi connectivity index (χ1v) is 2.85. The molecule has 0 atom stereocenters. The van der Waals surface area contributed by atoms with E-state index in [1.807, 2.05) is 0 Å². The maximum Gasteiger partial charge on any atom is 0.569 e. The highest BCUT2D eigenvalue weighted by atomic mass is 19.1. The van der Waals surface area contributed by atoms with Crippen LogP contribution in [0.15, 0.2) is 18.2 Å². The van der Waals surface area contributed by atoms with Gasteiger partial charge in [-0.05, 0) is 12.1 Å². The van der Waals surface area contributed by atoms with Crippen molar-refractivity contribution in [1.82, 2.24) is 0 Å². The molecule has 1 radical (unpaired) electrons. The number of hydrogen-bond donors (Lipinski definition) is 2. The summed E-state index contributed by atoms with van der Waals surface area (Å²) in [6.45, 7) is 0. The van der Waals surface area contributed by atoms with E-state index in [1.165, 1.54) is 12.1 Å². The number of hydrogen-bond acceptors (Lipinski definition) is 3. The molecule has 0 saturated carbocycles. The molecule has 0 aliphatic rings. The smallest absolute Gasteiger partial charge is 0.533 e. The van der Waals surface area contributed by atoms with Crippen LogP contribution in [-0.4, -0.2) is 17.8 Å². The predicted octanol–water partition coefficient (Wildman–Crippen LogP) is 0.437. The number of rotatable bonds is 2. The Labute approximate surface area is 63.4 Å². The van der Waals surface area contributed by atoms with Gasteiger partial charge in [-0.25, -0.2) is 4.39 Å². The number of benzene rings is 1. The van der Waals surface area contributed by atoms with E-state index in [1.54, 1.807) is 0 Å². The molecule has 0 bridgehead atoms. The minimum Gasteiger partial charge on any atom is -0.533 e. The second-order valence-electron chi connectivity index (χ2n) is 1.81. The topological polar surface area (TPSA) is 49.7 Å². The van der Waals surface area contributed by atoms with Crippen LogP contribution in [0, 0.1) is 5.82 Å². The van der Waals surface area contributed by atoms with Gasteiger partial charge in [-0.3, -0.25) is 0 Å². The maximum absolute atomic E-state index is 12.6. The molecule has 0 aliphatic heterocycles. The van der Waals surface area contributed by atoms with E-state index in [0.29, 0.717) is 7.69 Å². The van der Waals surface area contributed by atoms with Gasteiger partial charge in [-0.15, -0.1) is 0 Å². The van der Waals surface area contributed by atoms with Crippen LogP contribution >= 0.6 is 0 Å². The highest BCUT2D eigenvalue weighted by Crippen LogP contribution is 2.27. The van der Waals surface area contributed by atoms with Gasteiger partial charge < -0.3 is 14.8 Å². The van der Waals surface area contributed by atoms with E-state index in [2.05, 4.69) is 4.65 Å². The third kappa shape index (κ3) is 1.62. The Kier molecular flexibility index (Phi) is 2.33. The molecule has 1 aromatic rings. The van der Waals surface area contributed by atoms with Crippen molar-refractivity contribution in [1.29, 1.82) is 0 Å². The zero-order valence-corrected chi connectivity index (χ0v) is 5.49. The largest absolute Gasteiger partial charge is 0.569 e. The van der Waals surface area contributed by atoms with Gasteiger partial charge in [0.25, 0.3) is 0 Å². The highest BCUT2D eigenvalue weighted by Gasteiger charge is 2.07. The van der Waals surface area contributed by atoms with Crippen molar-refractivity contribution < 1.29 is 19.2 Å². The van der Waals surface area contributed by atoms with Gasteiger partial charge in [0.1, 0.15) is 0 Å². The number of aromatic hydroxyl groups is 1. The average molecular weight is 155 g/mol. The summed E-state index contributed by atoms with van der Waals surface area (Å²) in [7, 11) is 0.304. The van der Waals surface area contributed by atoms with E-state index in [9.17, 15) is 4.39 Å². The first-order chi connectivity index (χ1) is 5.25. The Bertz CT molecular complexity index is 233. The van der Waals surface area contributed by atoms with Crippen molar-refractivity contribution in [2.45, 2.75) is 0 Å². The van der Waals surface area contributed by atoms with Gasteiger partial charge in [0.2, 0.25) is 0 Å². The minimum atomic E-state index is -0.727. The molecule has 0 aliphatic carbocycles. The summed E-state index contributed by atoms with van der Waals surface area (Å²) in [6.07, 6.45) is 0. The summed E-state index contributed by atoms with van der Waals surface area (Å²) in [4.78, 5) is 0. The lowest BCUT2D eigenvalue weighted by atomic mass is 10.3. The van der Waals surface area contributed by atoms with Gasteiger partial charge in [0.05, 0.1) is 0 Å². The zero-order valence-electron chi connectivity index (χ0n) is 5.49. The van der Waals surface area contributed by atoms with Crippen LogP contribution in [0.25, 0.3) is 0 Å². The molecule has 57 valence electrons. The van der Waals surface area contributed by atoms with Crippen LogP contribution in [-0.2, 0) is 0 Å². The molecule has 0 spiro atoms. The Balaban J connectivity index is 3.00. The first kappa shape index (κ1) is 7.88. The Morgan fingerprint density at radius 1 is 1.45 bits per heavy atom. The highest BCUT2D eigenvalue weighted by molar-refractivity contribution is 6.17. The van der Waals surface area contributed by atoms with E-state index in [-0.39, 0.29) is 11.5 Å². The molecule has 0 saturated heterocycles. The molecule has 2 N–H and O–H groups in total. The molecule has 1 rings (SSSR count). The fraction of sp³-hybridized carbons (Fsp3) is 0. The molecular weight excluding hydrogens is 150 g/mol. The maximum atomic E-state index is 12.6. The summed E-state index contributed by atoms with van der Waals surface area (Å²) in [5.41, 5.74) is 0. The van der Waals surface area contributed by atoms with Crippen molar-refractivity contribution >= 4 is 7.69 Å². The average Bonchev–Trinajstić information content (AvgIpc) is 1.97. The monoisotopic (exact) mass is 155 g/mol. The normalized spacial score (nSPS) is 9.27. The van der Waals surface area contributed by atoms with Crippen LogP contribution in [0.2, 0.25) is 0 Å². The number of phenolic OH excluding ortho intramolecular Hbond substituents is 1. The summed E-state index contributed by atoms with van der Waals surface area (Å²) >= 11 is 0. The molecule has 0 unspecified atom stereocenters. The second kappa shape index (κ2) is 3.25. The Morgan fingerprint density at radius 2 is 2.18 bits per heavy atom. The third-order valence-electron chi connectivity index (χ3n) is 1.12. The molecule has 0 amide bonds. The molecule has 0 aromatic heterocycles. The molecule has 11 heavy (non-hydrogen) atoms. The Morgan fingerprint density at radius 3 is 2.73 bits per heavy atom. The summed E-state index contributed by atoms with van der Waals surface area (Å²) in [5.74, 6) is -1.46. The van der Waals surface area contributed by atoms with E-state index in [4.69, 9.17) is 10.1 Å². The lowest BCUT2D eigenvalue weighted by molar-refractivity contribution is 0.391.